The van der Waals surface area contributed by atoms with Gasteiger partial charge in [-0.1, -0.05) is 36.4 Å². The molecule has 4 aromatic rings. The number of benzene rings is 2. The molecule has 0 radical (unpaired) electrons. The minimum absolute atomic E-state index is 0.123. The third kappa shape index (κ3) is 5.53. The molecule has 3 N–H and O–H groups in total. The van der Waals surface area contributed by atoms with Gasteiger partial charge in [0.2, 0.25) is 5.91 Å². The fourth-order valence-electron chi connectivity index (χ4n) is 4.80. The standard InChI is InChI=1S/C30H28N4O4S/c1-18-10-11-19(2)23(17-18)32-26(35)14-16-34-28(27(33-30(34)39)22-9-5-6-15-31-22)25-13-12-24(38-25)20-7-3-4-8-21(20)29(36)37/h3-13,15,17,27-28H,14,16H2,1-2H3,(H,32,35)(H,33,39)(H,36,37). The molecule has 1 saturated heterocycles. The van der Waals surface area contributed by atoms with Gasteiger partial charge in [-0.2, -0.15) is 0 Å². The van der Waals surface area contributed by atoms with E-state index in [1.807, 2.05) is 61.2 Å². The van der Waals surface area contributed by atoms with Crippen molar-refractivity contribution < 1.29 is 19.1 Å². The zero-order valence-corrected chi connectivity index (χ0v) is 22.4. The second-order valence-corrected chi connectivity index (χ2v) is 9.88. The number of aromatic nitrogens is 1. The number of carbonyl (C=O) groups is 2. The second-order valence-electron chi connectivity index (χ2n) is 9.49. The van der Waals surface area contributed by atoms with Crippen LogP contribution in [-0.4, -0.2) is 38.5 Å². The van der Waals surface area contributed by atoms with Gasteiger partial charge in [-0.05, 0) is 73.6 Å². The number of aromatic carboxylic acids is 1. The van der Waals surface area contributed by atoms with Crippen molar-refractivity contribution in [1.82, 2.24) is 15.2 Å². The number of carbonyl (C=O) groups excluding carboxylic acids is 1. The van der Waals surface area contributed by atoms with Gasteiger partial charge >= 0.3 is 5.97 Å². The Morgan fingerprint density at radius 2 is 1.87 bits per heavy atom. The van der Waals surface area contributed by atoms with Crippen molar-refractivity contribution in [2.45, 2.75) is 32.4 Å². The summed E-state index contributed by atoms with van der Waals surface area (Å²) in [6.45, 7) is 4.29. The molecule has 0 spiro atoms. The van der Waals surface area contributed by atoms with Crippen LogP contribution in [0.1, 0.15) is 51.4 Å². The van der Waals surface area contributed by atoms with E-state index < -0.39 is 12.0 Å². The highest BCUT2D eigenvalue weighted by Gasteiger charge is 2.41. The summed E-state index contributed by atoms with van der Waals surface area (Å²) in [6.07, 6.45) is 1.92. The van der Waals surface area contributed by atoms with Crippen molar-refractivity contribution in [3.63, 3.8) is 0 Å². The highest BCUT2D eigenvalue weighted by molar-refractivity contribution is 7.80. The SMILES string of the molecule is Cc1ccc(C)c(NC(=O)CCN2C(=S)NC(c3ccccn3)C2c2ccc(-c3ccccc3C(=O)O)o2)c1. The summed E-state index contributed by atoms with van der Waals surface area (Å²) in [5, 5.41) is 16.5. The largest absolute Gasteiger partial charge is 0.478 e. The van der Waals surface area contributed by atoms with Gasteiger partial charge in [0.05, 0.1) is 17.3 Å². The van der Waals surface area contributed by atoms with Crippen LogP contribution in [0.3, 0.4) is 0 Å². The van der Waals surface area contributed by atoms with Crippen molar-refractivity contribution >= 4 is 34.9 Å². The predicted octanol–water partition coefficient (Wildman–Crippen LogP) is 5.66. The molecule has 0 saturated carbocycles. The number of rotatable bonds is 8. The summed E-state index contributed by atoms with van der Waals surface area (Å²) in [7, 11) is 0. The number of nitrogens with zero attached hydrogens (tertiary/aromatic N) is 2. The van der Waals surface area contributed by atoms with Gasteiger partial charge < -0.3 is 25.1 Å². The zero-order valence-electron chi connectivity index (χ0n) is 21.5. The van der Waals surface area contributed by atoms with Crippen molar-refractivity contribution in [1.29, 1.82) is 0 Å². The van der Waals surface area contributed by atoms with Gasteiger partial charge in [0.15, 0.2) is 5.11 Å². The Bertz CT molecular complexity index is 1530. The first-order valence-electron chi connectivity index (χ1n) is 12.6. The Hall–Kier alpha value is -4.50. The van der Waals surface area contributed by atoms with Gasteiger partial charge in [-0.15, -0.1) is 0 Å². The maximum absolute atomic E-state index is 12.9. The number of furan rings is 1. The van der Waals surface area contributed by atoms with E-state index in [4.69, 9.17) is 16.6 Å². The molecule has 9 heteroatoms. The summed E-state index contributed by atoms with van der Waals surface area (Å²) in [5.74, 6) is -0.131. The monoisotopic (exact) mass is 540 g/mol. The fraction of sp³-hybridized carbons (Fsp3) is 0.200. The molecule has 2 unspecified atom stereocenters. The molecule has 5 rings (SSSR count). The Morgan fingerprint density at radius 1 is 1.08 bits per heavy atom. The summed E-state index contributed by atoms with van der Waals surface area (Å²) >= 11 is 5.71. The lowest BCUT2D eigenvalue weighted by atomic mass is 10.0. The highest BCUT2D eigenvalue weighted by Crippen LogP contribution is 2.40. The van der Waals surface area contributed by atoms with E-state index in [2.05, 4.69) is 15.6 Å². The van der Waals surface area contributed by atoms with Crippen molar-refractivity contribution in [2.24, 2.45) is 0 Å². The second kappa shape index (κ2) is 11.1. The fourth-order valence-corrected chi connectivity index (χ4v) is 5.13. The van der Waals surface area contributed by atoms with Crippen LogP contribution in [0, 0.1) is 13.8 Å². The lowest BCUT2D eigenvalue weighted by Gasteiger charge is -2.26. The van der Waals surface area contributed by atoms with Crippen LogP contribution in [0.4, 0.5) is 5.69 Å². The number of hydrogen-bond donors (Lipinski definition) is 3. The summed E-state index contributed by atoms with van der Waals surface area (Å²) < 4.78 is 6.27. The van der Waals surface area contributed by atoms with E-state index in [9.17, 15) is 14.7 Å². The van der Waals surface area contributed by atoms with Crippen LogP contribution in [0.5, 0.6) is 0 Å². The third-order valence-corrected chi connectivity index (χ3v) is 7.14. The van der Waals surface area contributed by atoms with E-state index in [0.29, 0.717) is 28.7 Å². The first kappa shape index (κ1) is 26.1. The maximum atomic E-state index is 12.9. The summed E-state index contributed by atoms with van der Waals surface area (Å²) in [4.78, 5) is 31.2. The molecule has 8 nitrogen and oxygen atoms in total. The average molecular weight is 541 g/mol. The molecule has 0 aliphatic carbocycles. The van der Waals surface area contributed by atoms with Crippen molar-refractivity contribution in [3.05, 3.63) is 107 Å². The van der Waals surface area contributed by atoms with Gasteiger partial charge in [-0.25, -0.2) is 4.79 Å². The number of nitrogens with one attached hydrogen (secondary N) is 2. The minimum Gasteiger partial charge on any atom is -0.478 e. The Balaban J connectivity index is 1.43. The van der Waals surface area contributed by atoms with Crippen LogP contribution in [0.25, 0.3) is 11.3 Å². The van der Waals surface area contributed by atoms with Crippen molar-refractivity contribution in [3.8, 4) is 11.3 Å². The van der Waals surface area contributed by atoms with E-state index in [1.165, 1.54) is 0 Å². The topological polar surface area (TPSA) is 108 Å². The summed E-state index contributed by atoms with van der Waals surface area (Å²) in [6, 6.07) is 21.2. The third-order valence-electron chi connectivity index (χ3n) is 6.79. The normalized spacial score (nSPS) is 16.7. The van der Waals surface area contributed by atoms with E-state index in [0.717, 1.165) is 22.5 Å². The Labute approximate surface area is 231 Å². The summed E-state index contributed by atoms with van der Waals surface area (Å²) in [5.41, 5.74) is 4.26. The van der Waals surface area contributed by atoms with Crippen LogP contribution in [0.2, 0.25) is 0 Å². The lowest BCUT2D eigenvalue weighted by Crippen LogP contribution is -2.32. The number of pyridine rings is 1. The first-order chi connectivity index (χ1) is 18.8. The lowest BCUT2D eigenvalue weighted by molar-refractivity contribution is -0.116. The quantitative estimate of drug-likeness (QED) is 0.246. The molecular weight excluding hydrogens is 512 g/mol. The molecule has 2 aromatic heterocycles. The number of aryl methyl sites for hydroxylation is 2. The number of carboxylic acid groups (broad SMARTS) is 1. The molecule has 39 heavy (non-hydrogen) atoms. The molecule has 2 atom stereocenters. The van der Waals surface area contributed by atoms with Gasteiger partial charge in [0.25, 0.3) is 0 Å². The predicted molar refractivity (Wildman–Crippen MR) is 152 cm³/mol. The first-order valence-corrected chi connectivity index (χ1v) is 13.0. The van der Waals surface area contributed by atoms with E-state index in [-0.39, 0.29) is 23.9 Å². The molecule has 0 bridgehead atoms. The van der Waals surface area contributed by atoms with E-state index in [1.54, 1.807) is 36.5 Å². The Kier molecular flexibility index (Phi) is 7.42. The number of thiocarbonyl (C=S) groups is 1. The maximum Gasteiger partial charge on any atom is 0.336 e. The Morgan fingerprint density at radius 3 is 2.64 bits per heavy atom. The van der Waals surface area contributed by atoms with Crippen LogP contribution >= 0.6 is 12.2 Å². The van der Waals surface area contributed by atoms with Crippen LogP contribution in [0.15, 0.2) is 83.4 Å². The van der Waals surface area contributed by atoms with Crippen LogP contribution in [-0.2, 0) is 4.79 Å². The van der Waals surface area contributed by atoms with E-state index >= 15 is 0 Å². The number of hydrogen-bond acceptors (Lipinski definition) is 5. The molecular formula is C30H28N4O4S. The molecule has 3 heterocycles. The number of carboxylic acids is 1. The molecule has 1 amide bonds. The molecule has 2 aromatic carbocycles. The minimum atomic E-state index is -1.03. The highest BCUT2D eigenvalue weighted by atomic mass is 32.1. The zero-order chi connectivity index (χ0) is 27.5. The van der Waals surface area contributed by atoms with Gasteiger partial charge in [-0.3, -0.25) is 9.78 Å². The average Bonchev–Trinajstić information content (AvgIpc) is 3.54. The molecule has 1 fully saturated rings. The number of anilines is 1. The van der Waals surface area contributed by atoms with Gasteiger partial charge in [0, 0.05) is 30.4 Å². The molecule has 198 valence electrons. The molecule has 1 aliphatic rings. The smallest absolute Gasteiger partial charge is 0.336 e. The van der Waals surface area contributed by atoms with Crippen molar-refractivity contribution in [2.75, 3.05) is 11.9 Å². The molecule has 1 aliphatic heterocycles. The van der Waals surface area contributed by atoms with Gasteiger partial charge in [0.1, 0.15) is 17.6 Å². The van der Waals surface area contributed by atoms with Crippen LogP contribution < -0.4 is 10.6 Å². The number of amides is 1.